The fourth-order valence-corrected chi connectivity index (χ4v) is 2.47. The van der Waals surface area contributed by atoms with Gasteiger partial charge in [-0.1, -0.05) is 20.3 Å². The van der Waals surface area contributed by atoms with Crippen LogP contribution in [-0.4, -0.2) is 39.5 Å². The molecule has 1 aliphatic heterocycles. The van der Waals surface area contributed by atoms with Crippen molar-refractivity contribution in [3.8, 4) is 0 Å². The van der Waals surface area contributed by atoms with Crippen molar-refractivity contribution in [2.45, 2.75) is 32.9 Å². The van der Waals surface area contributed by atoms with Gasteiger partial charge in [0.05, 0.1) is 24.6 Å². The van der Waals surface area contributed by atoms with E-state index in [9.17, 15) is 14.0 Å². The summed E-state index contributed by atoms with van der Waals surface area (Å²) in [6, 6.07) is -0.749. The quantitative estimate of drug-likeness (QED) is 0.868. The number of aliphatic hydroxyl groups excluding tert-OH is 1. The van der Waals surface area contributed by atoms with E-state index in [0.29, 0.717) is 6.42 Å². The molecule has 1 aliphatic rings. The fraction of sp³-hybridized carbons (Fsp3) is 0.500. The molecule has 0 spiro atoms. The number of halogens is 1. The van der Waals surface area contributed by atoms with Crippen LogP contribution in [0.15, 0.2) is 12.4 Å². The molecule has 6 nitrogen and oxygen atoms in total. The van der Waals surface area contributed by atoms with E-state index < -0.39 is 30.3 Å². The summed E-state index contributed by atoms with van der Waals surface area (Å²) >= 11 is 0. The molecule has 21 heavy (non-hydrogen) atoms. The van der Waals surface area contributed by atoms with Gasteiger partial charge in [-0.2, -0.15) is 0 Å². The summed E-state index contributed by atoms with van der Waals surface area (Å²) in [6.07, 6.45) is 3.07. The van der Waals surface area contributed by atoms with Gasteiger partial charge in [-0.25, -0.2) is 4.39 Å². The number of hydrogen-bond acceptors (Lipinski definition) is 4. The molecule has 7 heteroatoms. The van der Waals surface area contributed by atoms with Crippen LogP contribution in [-0.2, 0) is 16.1 Å². The topological polar surface area (TPSA) is 82.5 Å². The van der Waals surface area contributed by atoms with Crippen molar-refractivity contribution in [2.24, 2.45) is 5.92 Å². The SMILES string of the molecule is CC[C@H](C)[C@H]1C(=O)Nc2cncc(F)c2CN1C(=O)CO. The highest BCUT2D eigenvalue weighted by Crippen LogP contribution is 2.28. The van der Waals surface area contributed by atoms with Gasteiger partial charge in [0.2, 0.25) is 11.8 Å². The zero-order chi connectivity index (χ0) is 15.6. The Labute approximate surface area is 122 Å². The number of hydrogen-bond donors (Lipinski definition) is 2. The normalized spacial score (nSPS) is 19.5. The average Bonchev–Trinajstić information content (AvgIpc) is 2.62. The first-order valence-electron chi connectivity index (χ1n) is 6.83. The highest BCUT2D eigenvalue weighted by atomic mass is 19.1. The smallest absolute Gasteiger partial charge is 0.249 e. The molecule has 0 aromatic carbocycles. The zero-order valence-electron chi connectivity index (χ0n) is 12.0. The third kappa shape index (κ3) is 2.87. The average molecular weight is 295 g/mol. The molecule has 2 atom stereocenters. The number of carbonyl (C=O) groups is 2. The number of aliphatic hydroxyl groups is 1. The number of nitrogens with one attached hydrogen (secondary N) is 1. The third-order valence-electron chi connectivity index (χ3n) is 3.83. The summed E-state index contributed by atoms with van der Waals surface area (Å²) in [7, 11) is 0. The minimum atomic E-state index is -0.749. The number of fused-ring (bicyclic) bond motifs is 1. The molecule has 2 amide bonds. The van der Waals surface area contributed by atoms with Gasteiger partial charge in [-0.05, 0) is 5.92 Å². The highest BCUT2D eigenvalue weighted by molar-refractivity contribution is 5.99. The first-order chi connectivity index (χ1) is 9.99. The van der Waals surface area contributed by atoms with Crippen LogP contribution < -0.4 is 5.32 Å². The summed E-state index contributed by atoms with van der Waals surface area (Å²) in [6.45, 7) is 2.95. The Bertz CT molecular complexity index is 564. The molecule has 0 radical (unpaired) electrons. The van der Waals surface area contributed by atoms with Crippen molar-refractivity contribution >= 4 is 17.5 Å². The summed E-state index contributed by atoms with van der Waals surface area (Å²) in [4.78, 5) is 29.3. The van der Waals surface area contributed by atoms with Crippen LogP contribution in [0.3, 0.4) is 0 Å². The number of carbonyl (C=O) groups excluding carboxylic acids is 2. The number of nitrogens with zero attached hydrogens (tertiary/aromatic N) is 2. The predicted octanol–water partition coefficient (Wildman–Crippen LogP) is 0.908. The molecule has 114 valence electrons. The van der Waals surface area contributed by atoms with Crippen molar-refractivity contribution in [3.63, 3.8) is 0 Å². The summed E-state index contributed by atoms with van der Waals surface area (Å²) < 4.78 is 13.9. The van der Waals surface area contributed by atoms with E-state index in [-0.39, 0.29) is 23.7 Å². The first-order valence-corrected chi connectivity index (χ1v) is 6.83. The van der Waals surface area contributed by atoms with Crippen molar-refractivity contribution in [2.75, 3.05) is 11.9 Å². The summed E-state index contributed by atoms with van der Waals surface area (Å²) in [5, 5.41) is 11.7. The van der Waals surface area contributed by atoms with Crippen molar-refractivity contribution in [1.82, 2.24) is 9.88 Å². The Morgan fingerprint density at radius 2 is 2.33 bits per heavy atom. The largest absolute Gasteiger partial charge is 0.387 e. The maximum Gasteiger partial charge on any atom is 0.249 e. The lowest BCUT2D eigenvalue weighted by molar-refractivity contribution is -0.143. The van der Waals surface area contributed by atoms with E-state index in [0.717, 1.165) is 6.20 Å². The Kier molecular flexibility index (Phi) is 4.52. The third-order valence-corrected chi connectivity index (χ3v) is 3.83. The first kappa shape index (κ1) is 15.4. The zero-order valence-corrected chi connectivity index (χ0v) is 12.0. The number of pyridine rings is 1. The molecule has 2 rings (SSSR count). The van der Waals surface area contributed by atoms with Gasteiger partial charge in [0.1, 0.15) is 18.5 Å². The van der Waals surface area contributed by atoms with E-state index >= 15 is 0 Å². The maximum atomic E-state index is 13.9. The molecule has 2 N–H and O–H groups in total. The predicted molar refractivity (Wildman–Crippen MR) is 73.7 cm³/mol. The number of amides is 2. The van der Waals surface area contributed by atoms with Crippen molar-refractivity contribution in [1.29, 1.82) is 0 Å². The van der Waals surface area contributed by atoms with Gasteiger partial charge >= 0.3 is 0 Å². The second kappa shape index (κ2) is 6.17. The lowest BCUT2D eigenvalue weighted by Gasteiger charge is -2.31. The second-order valence-electron chi connectivity index (χ2n) is 5.15. The number of rotatable bonds is 3. The van der Waals surface area contributed by atoms with Crippen LogP contribution >= 0.6 is 0 Å². The van der Waals surface area contributed by atoms with E-state index in [1.54, 1.807) is 0 Å². The van der Waals surface area contributed by atoms with E-state index in [1.807, 2.05) is 13.8 Å². The van der Waals surface area contributed by atoms with Gasteiger partial charge < -0.3 is 15.3 Å². The Morgan fingerprint density at radius 3 is 2.95 bits per heavy atom. The summed E-state index contributed by atoms with van der Waals surface area (Å²) in [5.41, 5.74) is 0.465. The molecule has 0 saturated carbocycles. The molecule has 0 unspecified atom stereocenters. The van der Waals surface area contributed by atoms with Crippen LogP contribution in [0.4, 0.5) is 10.1 Å². The summed E-state index contributed by atoms with van der Waals surface area (Å²) in [5.74, 6) is -1.70. The van der Waals surface area contributed by atoms with Gasteiger partial charge in [0.15, 0.2) is 0 Å². The van der Waals surface area contributed by atoms with Crippen LogP contribution in [0.2, 0.25) is 0 Å². The molecule has 2 heterocycles. The van der Waals surface area contributed by atoms with Crippen molar-refractivity contribution < 1.29 is 19.1 Å². The van der Waals surface area contributed by atoms with E-state index in [1.165, 1.54) is 11.1 Å². The standard InChI is InChI=1S/C14H18FN3O3/c1-3-8(2)13-14(21)17-11-5-16-4-10(15)9(11)6-18(13)12(20)7-19/h4-5,8,13,19H,3,6-7H2,1-2H3,(H,17,21)/t8-,13-/m0/s1. The highest BCUT2D eigenvalue weighted by Gasteiger charge is 2.37. The van der Waals surface area contributed by atoms with Gasteiger partial charge in [-0.15, -0.1) is 0 Å². The molecular formula is C14H18FN3O3. The Morgan fingerprint density at radius 1 is 1.62 bits per heavy atom. The van der Waals surface area contributed by atoms with Crippen LogP contribution in [0.5, 0.6) is 0 Å². The molecule has 1 aromatic rings. The molecule has 0 saturated heterocycles. The van der Waals surface area contributed by atoms with Gasteiger partial charge in [0.25, 0.3) is 0 Å². The number of anilines is 1. The van der Waals surface area contributed by atoms with Crippen molar-refractivity contribution in [3.05, 3.63) is 23.8 Å². The van der Waals surface area contributed by atoms with Crippen LogP contribution in [0.25, 0.3) is 0 Å². The second-order valence-corrected chi connectivity index (χ2v) is 5.15. The molecule has 0 aliphatic carbocycles. The van der Waals surface area contributed by atoms with Crippen LogP contribution in [0, 0.1) is 11.7 Å². The van der Waals surface area contributed by atoms with E-state index in [4.69, 9.17) is 5.11 Å². The minimum Gasteiger partial charge on any atom is -0.387 e. The monoisotopic (exact) mass is 295 g/mol. The maximum absolute atomic E-state index is 13.9. The van der Waals surface area contributed by atoms with Gasteiger partial charge in [-0.3, -0.25) is 14.6 Å². The van der Waals surface area contributed by atoms with Crippen LogP contribution in [0.1, 0.15) is 25.8 Å². The lowest BCUT2D eigenvalue weighted by atomic mass is 9.96. The minimum absolute atomic E-state index is 0.0726. The number of aromatic nitrogens is 1. The molecule has 1 aromatic heterocycles. The van der Waals surface area contributed by atoms with Gasteiger partial charge in [0, 0.05) is 5.56 Å². The molecule has 0 bridgehead atoms. The molecular weight excluding hydrogens is 277 g/mol. The Balaban J connectivity index is 2.49. The Hall–Kier alpha value is -2.02. The van der Waals surface area contributed by atoms with E-state index in [2.05, 4.69) is 10.3 Å². The fourth-order valence-electron chi connectivity index (χ4n) is 2.47. The lowest BCUT2D eigenvalue weighted by Crippen LogP contribution is -2.49. The molecule has 0 fully saturated rings.